The molecule has 0 unspecified atom stereocenters. The van der Waals surface area contributed by atoms with Gasteiger partial charge in [0, 0.05) is 6.42 Å². The molecule has 0 aliphatic carbocycles. The molecule has 0 atom stereocenters. The van der Waals surface area contributed by atoms with Gasteiger partial charge in [0.25, 0.3) is 0 Å². The molecule has 3 heteroatoms. The first-order chi connectivity index (χ1) is 5.77. The fourth-order valence-electron chi connectivity index (χ4n) is 0.880. The van der Waals surface area contributed by atoms with Crippen LogP contribution in [0.4, 0.5) is 0 Å². The summed E-state index contributed by atoms with van der Waals surface area (Å²) < 4.78 is 0. The van der Waals surface area contributed by atoms with E-state index < -0.39 is 5.97 Å². The first-order valence-corrected chi connectivity index (χ1v) is 4.57. The second-order valence-electron chi connectivity index (χ2n) is 2.56. The molecule has 0 aromatic rings. The predicted octanol–water partition coefficient (Wildman–Crippen LogP) is 2.01. The van der Waals surface area contributed by atoms with E-state index in [0.717, 1.165) is 12.8 Å². The van der Waals surface area contributed by atoms with Crippen molar-refractivity contribution in [1.29, 1.82) is 0 Å². The quantitative estimate of drug-likeness (QED) is 0.607. The summed E-state index contributed by atoms with van der Waals surface area (Å²) in [6.45, 7) is 2.15. The normalized spacial score (nSPS) is 8.58. The smallest absolute Gasteiger partial charge is 0.303 e. The van der Waals surface area contributed by atoms with Crippen LogP contribution in [0.15, 0.2) is 0 Å². The van der Waals surface area contributed by atoms with Crippen LogP contribution in [0.2, 0.25) is 0 Å². The van der Waals surface area contributed by atoms with Crippen molar-refractivity contribution >= 4 is 5.97 Å². The van der Waals surface area contributed by atoms with Gasteiger partial charge in [0.05, 0.1) is 0 Å². The molecule has 3 nitrogen and oxygen atoms in total. The van der Waals surface area contributed by atoms with E-state index in [1.807, 2.05) is 0 Å². The number of carboxylic acid groups (broad SMARTS) is 1. The Balaban J connectivity index is 0. The maximum Gasteiger partial charge on any atom is 0.303 e. The van der Waals surface area contributed by atoms with Gasteiger partial charge in [0.1, 0.15) is 0 Å². The molecule has 0 radical (unpaired) electrons. The SMILES string of the molecule is CCCCCCCC(=O)O.CN. The third-order valence-electron chi connectivity index (χ3n) is 1.49. The minimum absolute atomic E-state index is 0.337. The number of rotatable bonds is 6. The molecule has 0 heterocycles. The predicted molar refractivity (Wildman–Crippen MR) is 51.1 cm³/mol. The lowest BCUT2D eigenvalue weighted by atomic mass is 10.1. The van der Waals surface area contributed by atoms with Crippen molar-refractivity contribution in [2.75, 3.05) is 7.05 Å². The van der Waals surface area contributed by atoms with Crippen LogP contribution in [-0.2, 0) is 4.79 Å². The zero-order chi connectivity index (χ0) is 9.82. The van der Waals surface area contributed by atoms with E-state index in [4.69, 9.17) is 5.11 Å². The highest BCUT2D eigenvalue weighted by molar-refractivity contribution is 5.66. The molecule has 0 spiro atoms. The summed E-state index contributed by atoms with van der Waals surface area (Å²) in [6.07, 6.45) is 5.88. The maximum absolute atomic E-state index is 10.0. The van der Waals surface area contributed by atoms with Gasteiger partial charge in [-0.25, -0.2) is 0 Å². The molecule has 0 aliphatic rings. The average Bonchev–Trinajstić information content (AvgIpc) is 2.07. The summed E-state index contributed by atoms with van der Waals surface area (Å²) in [5.41, 5.74) is 4.50. The number of unbranched alkanes of at least 4 members (excludes halogenated alkanes) is 4. The largest absolute Gasteiger partial charge is 0.481 e. The number of aliphatic carboxylic acids is 1. The van der Waals surface area contributed by atoms with Gasteiger partial charge in [-0.3, -0.25) is 4.79 Å². The molecule has 74 valence electrons. The van der Waals surface area contributed by atoms with Crippen molar-refractivity contribution in [3.8, 4) is 0 Å². The fraction of sp³-hybridized carbons (Fsp3) is 0.889. The summed E-state index contributed by atoms with van der Waals surface area (Å²) >= 11 is 0. The first kappa shape index (κ1) is 14.0. The number of hydrogen-bond acceptors (Lipinski definition) is 2. The molecule has 0 saturated heterocycles. The van der Waals surface area contributed by atoms with Gasteiger partial charge >= 0.3 is 5.97 Å². The van der Waals surface area contributed by atoms with E-state index >= 15 is 0 Å². The van der Waals surface area contributed by atoms with Crippen molar-refractivity contribution in [1.82, 2.24) is 0 Å². The lowest BCUT2D eigenvalue weighted by Gasteiger charge is -1.95. The van der Waals surface area contributed by atoms with Crippen LogP contribution in [0.1, 0.15) is 45.4 Å². The molecule has 3 N–H and O–H groups in total. The third-order valence-corrected chi connectivity index (χ3v) is 1.49. The van der Waals surface area contributed by atoms with Crippen LogP contribution in [0, 0.1) is 0 Å². The Morgan fingerprint density at radius 2 is 1.67 bits per heavy atom. The minimum atomic E-state index is -0.670. The topological polar surface area (TPSA) is 63.3 Å². The molecular weight excluding hydrogens is 154 g/mol. The van der Waals surface area contributed by atoms with E-state index in [-0.39, 0.29) is 0 Å². The van der Waals surface area contributed by atoms with Crippen LogP contribution >= 0.6 is 0 Å². The van der Waals surface area contributed by atoms with Crippen LogP contribution < -0.4 is 5.73 Å². The number of carboxylic acids is 1. The maximum atomic E-state index is 10.0. The van der Waals surface area contributed by atoms with Crippen molar-refractivity contribution in [2.45, 2.75) is 45.4 Å². The molecule has 0 saturated carbocycles. The van der Waals surface area contributed by atoms with Crippen molar-refractivity contribution in [3.63, 3.8) is 0 Å². The zero-order valence-electron chi connectivity index (χ0n) is 8.18. The highest BCUT2D eigenvalue weighted by Gasteiger charge is 1.94. The summed E-state index contributed by atoms with van der Waals surface area (Å²) in [6, 6.07) is 0. The van der Waals surface area contributed by atoms with Gasteiger partial charge in [-0.1, -0.05) is 32.6 Å². The highest BCUT2D eigenvalue weighted by Crippen LogP contribution is 2.04. The van der Waals surface area contributed by atoms with E-state index in [2.05, 4.69) is 12.7 Å². The van der Waals surface area contributed by atoms with Crippen molar-refractivity contribution in [3.05, 3.63) is 0 Å². The molecular formula is C9H21NO2. The van der Waals surface area contributed by atoms with Gasteiger partial charge < -0.3 is 10.8 Å². The van der Waals surface area contributed by atoms with Gasteiger partial charge in [-0.15, -0.1) is 0 Å². The molecule has 0 fully saturated rings. The monoisotopic (exact) mass is 175 g/mol. The van der Waals surface area contributed by atoms with Crippen LogP contribution in [0.25, 0.3) is 0 Å². The summed E-state index contributed by atoms with van der Waals surface area (Å²) in [5, 5.41) is 8.27. The van der Waals surface area contributed by atoms with Crippen molar-refractivity contribution in [2.24, 2.45) is 5.73 Å². The van der Waals surface area contributed by atoms with Gasteiger partial charge in [-0.2, -0.15) is 0 Å². The molecule has 0 rings (SSSR count). The van der Waals surface area contributed by atoms with Crippen LogP contribution in [-0.4, -0.2) is 18.1 Å². The Bertz CT molecular complexity index is 94.5. The molecule has 0 amide bonds. The number of carbonyl (C=O) groups is 1. The van der Waals surface area contributed by atoms with Gasteiger partial charge in [-0.05, 0) is 13.5 Å². The fourth-order valence-corrected chi connectivity index (χ4v) is 0.880. The molecule has 0 aliphatic heterocycles. The second-order valence-corrected chi connectivity index (χ2v) is 2.56. The molecule has 12 heavy (non-hydrogen) atoms. The Morgan fingerprint density at radius 1 is 1.17 bits per heavy atom. The van der Waals surface area contributed by atoms with Gasteiger partial charge in [0.2, 0.25) is 0 Å². The van der Waals surface area contributed by atoms with Crippen molar-refractivity contribution < 1.29 is 9.90 Å². The summed E-state index contributed by atoms with van der Waals surface area (Å²) in [7, 11) is 1.50. The standard InChI is InChI=1S/C8H16O2.CH5N/c1-2-3-4-5-6-7-8(9)10;1-2/h2-7H2,1H3,(H,9,10);2H2,1H3. The Kier molecular flexibility index (Phi) is 15.2. The summed E-state index contributed by atoms with van der Waals surface area (Å²) in [4.78, 5) is 10.0. The van der Waals surface area contributed by atoms with Gasteiger partial charge in [0.15, 0.2) is 0 Å². The number of hydrogen-bond donors (Lipinski definition) is 2. The minimum Gasteiger partial charge on any atom is -0.481 e. The average molecular weight is 175 g/mol. The lowest BCUT2D eigenvalue weighted by Crippen LogP contribution is -1.93. The molecule has 0 bridgehead atoms. The first-order valence-electron chi connectivity index (χ1n) is 4.57. The highest BCUT2D eigenvalue weighted by atomic mass is 16.4. The number of nitrogens with two attached hydrogens (primary N) is 1. The van der Waals surface area contributed by atoms with E-state index in [9.17, 15) is 4.79 Å². The van der Waals surface area contributed by atoms with E-state index in [1.54, 1.807) is 0 Å². The third kappa shape index (κ3) is 16.2. The Morgan fingerprint density at radius 3 is 2.08 bits per heavy atom. The Labute approximate surface area is 75.0 Å². The molecule has 0 aromatic heterocycles. The molecule has 0 aromatic carbocycles. The second kappa shape index (κ2) is 13.1. The van der Waals surface area contributed by atoms with E-state index in [0.29, 0.717) is 6.42 Å². The summed E-state index contributed by atoms with van der Waals surface area (Å²) in [5.74, 6) is -0.670. The van der Waals surface area contributed by atoms with E-state index in [1.165, 1.54) is 26.3 Å². The Hall–Kier alpha value is -0.570. The zero-order valence-corrected chi connectivity index (χ0v) is 8.18. The lowest BCUT2D eigenvalue weighted by molar-refractivity contribution is -0.137. The van der Waals surface area contributed by atoms with Crippen LogP contribution in [0.3, 0.4) is 0 Å². The van der Waals surface area contributed by atoms with Crippen LogP contribution in [0.5, 0.6) is 0 Å².